The summed E-state index contributed by atoms with van der Waals surface area (Å²) in [5.74, 6) is -2.52. The highest BCUT2D eigenvalue weighted by atomic mass is 16.6. The van der Waals surface area contributed by atoms with Gasteiger partial charge in [0.15, 0.2) is 5.60 Å². The minimum atomic E-state index is -1.73. The Hall–Kier alpha value is -2.34. The molecule has 1 heterocycles. The van der Waals surface area contributed by atoms with Crippen molar-refractivity contribution in [1.29, 1.82) is 0 Å². The Morgan fingerprint density at radius 1 is 1.10 bits per heavy atom. The van der Waals surface area contributed by atoms with Crippen LogP contribution >= 0.6 is 0 Å². The van der Waals surface area contributed by atoms with Crippen molar-refractivity contribution in [3.8, 4) is 0 Å². The molecule has 0 radical (unpaired) electrons. The molecule has 3 aliphatic carbocycles. The van der Waals surface area contributed by atoms with Gasteiger partial charge in [-0.3, -0.25) is 4.79 Å². The van der Waals surface area contributed by atoms with E-state index >= 15 is 0 Å². The molecule has 0 spiro atoms. The zero-order valence-corrected chi connectivity index (χ0v) is 22.8. The molecule has 39 heavy (non-hydrogen) atoms. The van der Waals surface area contributed by atoms with Crippen LogP contribution in [0.1, 0.15) is 57.8 Å². The van der Waals surface area contributed by atoms with Gasteiger partial charge in [-0.15, -0.1) is 0 Å². The first-order chi connectivity index (χ1) is 18.1. The van der Waals surface area contributed by atoms with Gasteiger partial charge in [-0.05, 0) is 50.5 Å². The lowest BCUT2D eigenvalue weighted by molar-refractivity contribution is -0.351. The largest absolute Gasteiger partial charge is 0.457 e. The second kappa shape index (κ2) is 9.09. The lowest BCUT2D eigenvalue weighted by atomic mass is 9.49. The third-order valence-corrected chi connectivity index (χ3v) is 10.0. The van der Waals surface area contributed by atoms with Gasteiger partial charge < -0.3 is 39.7 Å². The Labute approximate surface area is 227 Å². The van der Waals surface area contributed by atoms with Crippen LogP contribution in [0.3, 0.4) is 0 Å². The van der Waals surface area contributed by atoms with Crippen LogP contribution in [0.15, 0.2) is 41.5 Å². The van der Waals surface area contributed by atoms with E-state index in [4.69, 9.17) is 14.2 Å². The van der Waals surface area contributed by atoms with Gasteiger partial charge in [0.1, 0.15) is 18.3 Å². The van der Waals surface area contributed by atoms with E-state index < -0.39 is 76.5 Å². The number of aliphatic hydroxyl groups is 5. The van der Waals surface area contributed by atoms with E-state index in [1.807, 2.05) is 0 Å². The van der Waals surface area contributed by atoms with E-state index in [1.54, 1.807) is 44.2 Å². The molecule has 1 saturated heterocycles. The summed E-state index contributed by atoms with van der Waals surface area (Å²) in [5, 5.41) is 58.1. The van der Waals surface area contributed by atoms with Gasteiger partial charge in [0.25, 0.3) is 0 Å². The first-order valence-electron chi connectivity index (χ1n) is 13.4. The van der Waals surface area contributed by atoms with Crippen molar-refractivity contribution in [2.75, 3.05) is 6.61 Å². The third kappa shape index (κ3) is 3.69. The van der Waals surface area contributed by atoms with E-state index in [0.29, 0.717) is 5.57 Å². The number of fused-ring (bicyclic) bond motifs is 4. The summed E-state index contributed by atoms with van der Waals surface area (Å²) < 4.78 is 18.0. The van der Waals surface area contributed by atoms with E-state index in [2.05, 4.69) is 0 Å². The van der Waals surface area contributed by atoms with Crippen molar-refractivity contribution >= 4 is 11.9 Å². The van der Waals surface area contributed by atoms with Crippen molar-refractivity contribution in [3.05, 3.63) is 47.0 Å². The normalized spacial score (nSPS) is 43.4. The Morgan fingerprint density at radius 2 is 1.74 bits per heavy atom. The van der Waals surface area contributed by atoms with Crippen LogP contribution in [0.5, 0.6) is 0 Å². The van der Waals surface area contributed by atoms with Gasteiger partial charge in [0, 0.05) is 18.8 Å². The van der Waals surface area contributed by atoms with E-state index in [-0.39, 0.29) is 30.6 Å². The number of carbonyl (C=O) groups is 2. The summed E-state index contributed by atoms with van der Waals surface area (Å²) in [5.41, 5.74) is -5.68. The van der Waals surface area contributed by atoms with Crippen molar-refractivity contribution in [2.24, 2.45) is 16.7 Å². The highest BCUT2D eigenvalue weighted by Crippen LogP contribution is 2.67. The zero-order valence-electron chi connectivity index (χ0n) is 22.8. The number of hydrogen-bond acceptors (Lipinski definition) is 10. The molecular formula is C29H38O10. The fraction of sp³-hybridized carbons (Fsp3) is 0.655. The van der Waals surface area contributed by atoms with Crippen LogP contribution in [0.25, 0.3) is 0 Å². The standard InChI is InChI=1S/C29H38O10/c1-14-17(31)12-28(26(3,4)36)20(14)21(33)23(34)27(5)18(32)11-19-29(13-37-19,39-15(2)30)22(27)24(28)38-25(35)16-9-7-6-8-10-16/h6-10,17-19,21-24,31-34,36H,11-13H2,1-5H3/t17-,18-,19+,21+,22-,23-,24-,27+,28?,29-/m0/s1. The third-order valence-electron chi connectivity index (χ3n) is 10.0. The molecule has 3 fully saturated rings. The highest BCUT2D eigenvalue weighted by Gasteiger charge is 2.78. The van der Waals surface area contributed by atoms with Crippen LogP contribution in [0.2, 0.25) is 0 Å². The average molecular weight is 547 g/mol. The molecule has 10 atom stereocenters. The molecular weight excluding hydrogens is 508 g/mol. The van der Waals surface area contributed by atoms with E-state index in [1.165, 1.54) is 20.8 Å². The van der Waals surface area contributed by atoms with Gasteiger partial charge in [0.05, 0.1) is 47.4 Å². The fourth-order valence-corrected chi connectivity index (χ4v) is 8.01. The second-order valence-electron chi connectivity index (χ2n) is 12.4. The van der Waals surface area contributed by atoms with Gasteiger partial charge in [-0.1, -0.05) is 25.1 Å². The summed E-state index contributed by atoms with van der Waals surface area (Å²) in [6.45, 7) is 7.30. The van der Waals surface area contributed by atoms with E-state index in [0.717, 1.165) is 0 Å². The minimum Gasteiger partial charge on any atom is -0.457 e. The quantitative estimate of drug-likeness (QED) is 0.271. The summed E-state index contributed by atoms with van der Waals surface area (Å²) in [4.78, 5) is 26.2. The van der Waals surface area contributed by atoms with Crippen molar-refractivity contribution < 1.29 is 49.3 Å². The SMILES string of the molecule is CC(=O)O[C@@]12CO[C@@H]1C[C@H](O)[C@]1(C)[C@@H]2[C@H](OC(=O)c2ccccc2)C2(C(C)(C)O)C[C@H](O)C(C)=C2[C@@H](O)[C@@H]1O. The second-order valence-corrected chi connectivity index (χ2v) is 12.4. The molecule has 0 amide bonds. The molecule has 10 nitrogen and oxygen atoms in total. The Bertz CT molecular complexity index is 1190. The Balaban J connectivity index is 1.83. The predicted octanol–water partition coefficient (Wildman–Crippen LogP) is 0.874. The summed E-state index contributed by atoms with van der Waals surface area (Å²) in [7, 11) is 0. The van der Waals surface area contributed by atoms with Gasteiger partial charge in [0.2, 0.25) is 0 Å². The fourth-order valence-electron chi connectivity index (χ4n) is 8.01. The zero-order chi connectivity index (χ0) is 28.7. The predicted molar refractivity (Wildman–Crippen MR) is 136 cm³/mol. The number of hydrogen-bond donors (Lipinski definition) is 5. The smallest absolute Gasteiger partial charge is 0.338 e. The lowest BCUT2D eigenvalue weighted by Crippen LogP contribution is -2.78. The highest BCUT2D eigenvalue weighted by molar-refractivity contribution is 5.89. The first kappa shape index (κ1) is 28.2. The number of benzene rings is 1. The molecule has 4 aliphatic rings. The average Bonchev–Trinajstić information content (AvgIpc) is 3.11. The first-order valence-corrected chi connectivity index (χ1v) is 13.4. The maximum atomic E-state index is 13.7. The van der Waals surface area contributed by atoms with Crippen LogP contribution in [0.4, 0.5) is 0 Å². The van der Waals surface area contributed by atoms with Gasteiger partial charge in [-0.2, -0.15) is 0 Å². The molecule has 0 aromatic heterocycles. The number of rotatable bonds is 4. The van der Waals surface area contributed by atoms with Crippen LogP contribution in [-0.2, 0) is 19.0 Å². The Morgan fingerprint density at radius 3 is 2.28 bits per heavy atom. The summed E-state index contributed by atoms with van der Waals surface area (Å²) >= 11 is 0. The van der Waals surface area contributed by atoms with Crippen LogP contribution in [-0.4, -0.2) is 91.9 Å². The molecule has 5 rings (SSSR count). The minimum absolute atomic E-state index is 0.000412. The molecule has 1 aliphatic heterocycles. The maximum Gasteiger partial charge on any atom is 0.338 e. The van der Waals surface area contributed by atoms with Gasteiger partial charge in [-0.25, -0.2) is 4.79 Å². The van der Waals surface area contributed by atoms with Crippen LogP contribution < -0.4 is 0 Å². The molecule has 5 N–H and O–H groups in total. The van der Waals surface area contributed by atoms with Crippen molar-refractivity contribution in [3.63, 3.8) is 0 Å². The van der Waals surface area contributed by atoms with E-state index in [9.17, 15) is 35.1 Å². The van der Waals surface area contributed by atoms with Crippen molar-refractivity contribution in [2.45, 2.75) is 95.3 Å². The number of ether oxygens (including phenoxy) is 3. The summed E-state index contributed by atoms with van der Waals surface area (Å²) in [6.07, 6.45) is -7.95. The molecule has 10 heteroatoms. The topological polar surface area (TPSA) is 163 Å². The monoisotopic (exact) mass is 546 g/mol. The maximum absolute atomic E-state index is 13.7. The summed E-state index contributed by atoms with van der Waals surface area (Å²) in [6, 6.07) is 8.21. The Kier molecular flexibility index (Phi) is 6.57. The number of esters is 2. The number of aliphatic hydroxyl groups excluding tert-OH is 4. The molecule has 2 saturated carbocycles. The lowest BCUT2D eigenvalue weighted by Gasteiger charge is -2.65. The molecule has 1 aromatic rings. The molecule has 0 bridgehead atoms. The van der Waals surface area contributed by atoms with Crippen molar-refractivity contribution in [1.82, 2.24) is 0 Å². The van der Waals surface area contributed by atoms with Gasteiger partial charge >= 0.3 is 11.9 Å². The molecule has 214 valence electrons. The molecule has 1 aromatic carbocycles. The number of carbonyl (C=O) groups excluding carboxylic acids is 2. The molecule has 1 unspecified atom stereocenters. The van der Waals surface area contributed by atoms with Crippen LogP contribution in [0, 0.1) is 16.7 Å².